The minimum atomic E-state index is -0.975. The van der Waals surface area contributed by atoms with Crippen LogP contribution in [0.5, 0.6) is 5.75 Å². The average molecular weight is 363 g/mol. The number of nitrogens with one attached hydrogen (secondary N) is 1. The monoisotopic (exact) mass is 362 g/mol. The highest BCUT2D eigenvalue weighted by molar-refractivity contribution is 6.30. The Morgan fingerprint density at radius 1 is 1.08 bits per heavy atom. The molecule has 132 valence electrons. The van der Waals surface area contributed by atoms with Gasteiger partial charge >= 0.3 is 5.97 Å². The maximum atomic E-state index is 12.1. The van der Waals surface area contributed by atoms with Gasteiger partial charge in [0.1, 0.15) is 11.6 Å². The minimum Gasteiger partial charge on any atom is -0.491 e. The molecule has 1 N–H and O–H groups in total. The lowest BCUT2D eigenvalue weighted by molar-refractivity contribution is -0.123. The Labute approximate surface area is 151 Å². The molecule has 0 saturated heterocycles. The summed E-state index contributed by atoms with van der Waals surface area (Å²) in [6, 6.07) is 9.69. The molecule has 6 nitrogen and oxygen atoms in total. The second-order valence-corrected chi connectivity index (χ2v) is 6.03. The predicted octanol–water partition coefficient (Wildman–Crippen LogP) is 3.71. The Morgan fingerprint density at radius 2 is 1.76 bits per heavy atom. The maximum absolute atomic E-state index is 12.1. The van der Waals surface area contributed by atoms with Crippen molar-refractivity contribution in [3.8, 4) is 5.75 Å². The van der Waals surface area contributed by atoms with Crippen LogP contribution in [-0.4, -0.2) is 29.1 Å². The Hall–Kier alpha value is -2.60. The van der Waals surface area contributed by atoms with Crippen molar-refractivity contribution in [3.63, 3.8) is 0 Å². The van der Waals surface area contributed by atoms with Gasteiger partial charge in [0.05, 0.1) is 16.7 Å². The van der Waals surface area contributed by atoms with Crippen molar-refractivity contribution < 1.29 is 19.1 Å². The van der Waals surface area contributed by atoms with Gasteiger partial charge in [0.2, 0.25) is 0 Å². The molecule has 1 atom stereocenters. The molecule has 1 aromatic heterocycles. The van der Waals surface area contributed by atoms with Crippen molar-refractivity contribution in [1.29, 1.82) is 0 Å². The van der Waals surface area contributed by atoms with Crippen molar-refractivity contribution in [3.05, 3.63) is 53.2 Å². The van der Waals surface area contributed by atoms with Gasteiger partial charge in [-0.3, -0.25) is 4.79 Å². The number of nitrogens with zero attached hydrogens (tertiary/aromatic N) is 1. The first-order valence-electron chi connectivity index (χ1n) is 7.75. The molecule has 0 unspecified atom stereocenters. The molecule has 0 aliphatic carbocycles. The molecule has 1 aromatic carbocycles. The Bertz CT molecular complexity index is 730. The van der Waals surface area contributed by atoms with Crippen LogP contribution >= 0.6 is 11.6 Å². The van der Waals surface area contributed by atoms with Gasteiger partial charge in [-0.1, -0.05) is 11.6 Å². The first-order valence-corrected chi connectivity index (χ1v) is 8.13. The summed E-state index contributed by atoms with van der Waals surface area (Å²) in [7, 11) is 0. The van der Waals surface area contributed by atoms with Crippen LogP contribution in [0.25, 0.3) is 0 Å². The van der Waals surface area contributed by atoms with Crippen molar-refractivity contribution in [2.45, 2.75) is 33.0 Å². The average Bonchev–Trinajstić information content (AvgIpc) is 2.57. The van der Waals surface area contributed by atoms with Crippen LogP contribution in [0.3, 0.4) is 0 Å². The van der Waals surface area contributed by atoms with Gasteiger partial charge in [0.15, 0.2) is 6.10 Å². The van der Waals surface area contributed by atoms with Gasteiger partial charge in [0, 0.05) is 6.20 Å². The number of anilines is 1. The van der Waals surface area contributed by atoms with E-state index in [4.69, 9.17) is 21.1 Å². The number of pyridine rings is 1. The van der Waals surface area contributed by atoms with Gasteiger partial charge < -0.3 is 14.8 Å². The highest BCUT2D eigenvalue weighted by Gasteiger charge is 2.19. The molecule has 25 heavy (non-hydrogen) atoms. The number of carbonyl (C=O) groups excluding carboxylic acids is 2. The normalized spacial score (nSPS) is 11.7. The van der Waals surface area contributed by atoms with Crippen LogP contribution in [-0.2, 0) is 9.53 Å². The Balaban J connectivity index is 1.92. The molecule has 0 aliphatic heterocycles. The number of hydrogen-bond donors (Lipinski definition) is 1. The fraction of sp³-hybridized carbons (Fsp3) is 0.278. The van der Waals surface area contributed by atoms with Crippen LogP contribution < -0.4 is 10.1 Å². The summed E-state index contributed by atoms with van der Waals surface area (Å²) in [6.07, 6.45) is 0.480. The van der Waals surface area contributed by atoms with E-state index in [0.29, 0.717) is 22.2 Å². The molecule has 7 heteroatoms. The third-order valence-corrected chi connectivity index (χ3v) is 3.32. The molecule has 1 heterocycles. The summed E-state index contributed by atoms with van der Waals surface area (Å²) >= 11 is 5.73. The van der Waals surface area contributed by atoms with Gasteiger partial charge in [-0.15, -0.1) is 0 Å². The van der Waals surface area contributed by atoms with E-state index in [2.05, 4.69) is 10.3 Å². The SMILES string of the molecule is CC(C)Oc1ccc(C(=O)O[C@H](C)C(=O)Nc2ccc(Cl)cn2)cc1. The lowest BCUT2D eigenvalue weighted by Gasteiger charge is -2.14. The summed E-state index contributed by atoms with van der Waals surface area (Å²) in [6.45, 7) is 5.31. The van der Waals surface area contributed by atoms with E-state index in [1.54, 1.807) is 36.4 Å². The molecule has 0 saturated carbocycles. The predicted molar refractivity (Wildman–Crippen MR) is 95.0 cm³/mol. The van der Waals surface area contributed by atoms with Crippen molar-refractivity contribution in [2.24, 2.45) is 0 Å². The Morgan fingerprint density at radius 3 is 2.32 bits per heavy atom. The lowest BCUT2D eigenvalue weighted by Crippen LogP contribution is -2.30. The second-order valence-electron chi connectivity index (χ2n) is 5.59. The largest absolute Gasteiger partial charge is 0.491 e. The third kappa shape index (κ3) is 5.76. The molecule has 0 radical (unpaired) electrons. The maximum Gasteiger partial charge on any atom is 0.338 e. The summed E-state index contributed by atoms with van der Waals surface area (Å²) in [4.78, 5) is 28.1. The molecule has 1 amide bonds. The summed E-state index contributed by atoms with van der Waals surface area (Å²) in [5.74, 6) is -0.0932. The quantitative estimate of drug-likeness (QED) is 0.792. The summed E-state index contributed by atoms with van der Waals surface area (Å²) in [5, 5.41) is 3.01. The third-order valence-electron chi connectivity index (χ3n) is 3.09. The Kier molecular flexibility index (Phi) is 6.36. The number of aromatic nitrogens is 1. The minimum absolute atomic E-state index is 0.0444. The molecular weight excluding hydrogens is 344 g/mol. The van der Waals surface area contributed by atoms with Gasteiger partial charge in [0.25, 0.3) is 5.91 Å². The summed E-state index contributed by atoms with van der Waals surface area (Å²) < 4.78 is 10.7. The molecule has 0 spiro atoms. The van der Waals surface area contributed by atoms with Crippen LogP contribution in [0.2, 0.25) is 5.02 Å². The first kappa shape index (κ1) is 18.7. The fourth-order valence-corrected chi connectivity index (χ4v) is 2.01. The zero-order chi connectivity index (χ0) is 18.4. The molecule has 0 aliphatic rings. The van der Waals surface area contributed by atoms with Crippen LogP contribution in [0.1, 0.15) is 31.1 Å². The molecule has 0 bridgehead atoms. The van der Waals surface area contributed by atoms with E-state index in [1.807, 2.05) is 13.8 Å². The van der Waals surface area contributed by atoms with Crippen LogP contribution in [0.4, 0.5) is 5.82 Å². The van der Waals surface area contributed by atoms with E-state index in [1.165, 1.54) is 13.1 Å². The van der Waals surface area contributed by atoms with Crippen LogP contribution in [0.15, 0.2) is 42.6 Å². The number of amides is 1. The number of hydrogen-bond acceptors (Lipinski definition) is 5. The second kappa shape index (κ2) is 8.48. The van der Waals surface area contributed by atoms with Gasteiger partial charge in [-0.05, 0) is 57.2 Å². The first-order chi connectivity index (χ1) is 11.8. The van der Waals surface area contributed by atoms with Gasteiger partial charge in [-0.25, -0.2) is 9.78 Å². The standard InChI is InChI=1S/C18H19ClN2O4/c1-11(2)24-15-7-4-13(5-8-15)18(23)25-12(3)17(22)21-16-9-6-14(19)10-20-16/h4-12H,1-3H3,(H,20,21,22)/t12-/m1/s1. The number of benzene rings is 1. The topological polar surface area (TPSA) is 77.5 Å². The van der Waals surface area contributed by atoms with E-state index in [9.17, 15) is 9.59 Å². The lowest BCUT2D eigenvalue weighted by atomic mass is 10.2. The van der Waals surface area contributed by atoms with E-state index in [-0.39, 0.29) is 6.10 Å². The van der Waals surface area contributed by atoms with E-state index >= 15 is 0 Å². The van der Waals surface area contributed by atoms with Crippen molar-refractivity contribution in [1.82, 2.24) is 4.98 Å². The number of esters is 1. The fourth-order valence-electron chi connectivity index (χ4n) is 1.90. The molecule has 0 fully saturated rings. The van der Waals surface area contributed by atoms with E-state index < -0.39 is 18.0 Å². The highest BCUT2D eigenvalue weighted by Crippen LogP contribution is 2.15. The number of ether oxygens (including phenoxy) is 2. The van der Waals surface area contributed by atoms with E-state index in [0.717, 1.165) is 0 Å². The number of carbonyl (C=O) groups is 2. The zero-order valence-electron chi connectivity index (χ0n) is 14.2. The molecule has 2 rings (SSSR count). The van der Waals surface area contributed by atoms with Crippen molar-refractivity contribution >= 4 is 29.3 Å². The smallest absolute Gasteiger partial charge is 0.338 e. The molecular formula is C18H19ClN2O4. The number of halogens is 1. The summed E-state index contributed by atoms with van der Waals surface area (Å²) in [5.41, 5.74) is 0.334. The molecule has 2 aromatic rings. The highest BCUT2D eigenvalue weighted by atomic mass is 35.5. The zero-order valence-corrected chi connectivity index (χ0v) is 14.9. The van der Waals surface area contributed by atoms with Crippen molar-refractivity contribution in [2.75, 3.05) is 5.32 Å². The van der Waals surface area contributed by atoms with Crippen LogP contribution in [0, 0.1) is 0 Å². The van der Waals surface area contributed by atoms with Gasteiger partial charge in [-0.2, -0.15) is 0 Å². The number of rotatable bonds is 6.